The summed E-state index contributed by atoms with van der Waals surface area (Å²) in [6.07, 6.45) is 3.03. The summed E-state index contributed by atoms with van der Waals surface area (Å²) in [6.45, 7) is 14.2. The van der Waals surface area contributed by atoms with E-state index in [4.69, 9.17) is 38.4 Å². The summed E-state index contributed by atoms with van der Waals surface area (Å²) >= 11 is 11.2. The van der Waals surface area contributed by atoms with E-state index in [1.54, 1.807) is 20.8 Å². The van der Waals surface area contributed by atoms with Gasteiger partial charge in [-0.05, 0) is 88.2 Å². The predicted molar refractivity (Wildman–Crippen MR) is 280 cm³/mol. The number of aliphatic imine (C=N–C) groups is 2. The van der Waals surface area contributed by atoms with Crippen LogP contribution in [0.2, 0.25) is 35.7 Å². The molecular formula is C48H58Cl2F6N8O7S2Si. The molecule has 0 saturated carbocycles. The lowest BCUT2D eigenvalue weighted by atomic mass is 9.92. The Morgan fingerprint density at radius 3 is 1.61 bits per heavy atom. The van der Waals surface area contributed by atoms with Crippen molar-refractivity contribution in [3.63, 3.8) is 0 Å². The number of hydrogen-bond donors (Lipinski definition) is 1. The van der Waals surface area contributed by atoms with Gasteiger partial charge in [0, 0.05) is 64.4 Å². The third-order valence-corrected chi connectivity index (χ3v) is 17.1. The minimum Gasteiger partial charge on any atom is -0.443 e. The molecule has 2 aliphatic heterocycles. The molecule has 0 fully saturated rings. The fourth-order valence-electron chi connectivity index (χ4n) is 7.02. The summed E-state index contributed by atoms with van der Waals surface area (Å²) < 4.78 is 151. The molecule has 0 aliphatic carbocycles. The third-order valence-electron chi connectivity index (χ3n) is 11.0. The fraction of sp³-hybridized carbons (Fsp3) is 0.396. The molecule has 74 heavy (non-hydrogen) atoms. The lowest BCUT2D eigenvalue weighted by Gasteiger charge is -2.39. The lowest BCUT2D eigenvalue weighted by molar-refractivity contribution is 0.00804. The predicted octanol–water partition coefficient (Wildman–Crippen LogP) is 10.8. The topological polar surface area (TPSA) is 190 Å². The van der Waals surface area contributed by atoms with Gasteiger partial charge in [-0.1, -0.05) is 62.4 Å². The summed E-state index contributed by atoms with van der Waals surface area (Å²) in [5.41, 5.74) is 0.931. The van der Waals surface area contributed by atoms with Gasteiger partial charge in [0.1, 0.15) is 69.7 Å². The molecule has 2 aromatic heterocycles. The van der Waals surface area contributed by atoms with Crippen molar-refractivity contribution in [2.75, 3.05) is 38.9 Å². The zero-order valence-electron chi connectivity index (χ0n) is 41.4. The number of ether oxygens (including phenoxy) is 2. The summed E-state index contributed by atoms with van der Waals surface area (Å²) in [6, 6.07) is 9.59. The number of rotatable bonds is 11. The second kappa shape index (κ2) is 23.2. The van der Waals surface area contributed by atoms with Gasteiger partial charge in [0.2, 0.25) is 32.0 Å². The first kappa shape index (κ1) is 61.0. The number of nitrogens with zero attached hydrogens (tertiary/aromatic N) is 7. The zero-order valence-corrected chi connectivity index (χ0v) is 45.5. The standard InChI is InChI=1S/C29H38ClF3N4O5SSi.C18H16ClF3N4O2S.CH4/c1-28(2,3)42-27(38)37(18-41-11-12-44(6,7)8)26-35-29(4,17-43(39,40)36(26)5)20-13-19(9-10-22(20)31)14-24(33)25-15-23(32)21(30)16-34-25;1-18(9-29(27,28)26(2)17(23)25-18)11-5-10(3-4-13(11)20)6-15(22)16-7-14(21)12(19)8-24-16;/h9-10,13-16H,11-12,17-18H2,1-8H3;3-8H,9H2,1-2H3,(H2,23,25);1H4/b24-14-;15-6-;/t29-;18-;/m00./s1. The molecule has 2 aromatic carbocycles. The normalized spacial score (nSPS) is 19.9. The molecular weight excluding hydrogens is 1080 g/mol. The van der Waals surface area contributed by atoms with E-state index >= 15 is 4.39 Å². The van der Waals surface area contributed by atoms with Crippen LogP contribution in [-0.2, 0) is 40.6 Å². The second-order valence-electron chi connectivity index (χ2n) is 19.6. The van der Waals surface area contributed by atoms with Crippen molar-refractivity contribution < 1.29 is 57.4 Å². The Bertz CT molecular complexity index is 3140. The molecule has 26 heteroatoms. The number of guanidine groups is 2. The molecule has 2 aliphatic rings. The molecule has 0 bridgehead atoms. The molecule has 6 rings (SSSR count). The largest absolute Gasteiger partial charge is 0.443 e. The maximum atomic E-state index is 15.4. The van der Waals surface area contributed by atoms with Crippen molar-refractivity contribution >= 4 is 93.1 Å². The minimum absolute atomic E-state index is 0. The van der Waals surface area contributed by atoms with E-state index < -0.39 is 97.3 Å². The van der Waals surface area contributed by atoms with Crippen LogP contribution in [0.3, 0.4) is 0 Å². The van der Waals surface area contributed by atoms with Gasteiger partial charge in [0.05, 0.1) is 21.6 Å². The van der Waals surface area contributed by atoms with Crippen molar-refractivity contribution in [1.29, 1.82) is 0 Å². The van der Waals surface area contributed by atoms with E-state index in [2.05, 4.69) is 39.6 Å². The summed E-state index contributed by atoms with van der Waals surface area (Å²) in [5, 5.41) is -0.532. The van der Waals surface area contributed by atoms with Gasteiger partial charge in [-0.25, -0.2) is 71.5 Å². The number of benzene rings is 2. The van der Waals surface area contributed by atoms with Crippen LogP contribution in [0.4, 0.5) is 31.1 Å². The molecule has 1 amide bonds. The van der Waals surface area contributed by atoms with Crippen LogP contribution in [0.15, 0.2) is 70.9 Å². The van der Waals surface area contributed by atoms with Crippen LogP contribution in [0.25, 0.3) is 23.8 Å². The number of sulfonamides is 2. The van der Waals surface area contributed by atoms with Gasteiger partial charge < -0.3 is 15.2 Å². The number of nitrogens with two attached hydrogens (primary N) is 1. The number of pyridine rings is 2. The highest BCUT2D eigenvalue weighted by Crippen LogP contribution is 2.37. The first-order chi connectivity index (χ1) is 33.5. The molecule has 0 unspecified atom stereocenters. The van der Waals surface area contributed by atoms with Crippen LogP contribution in [-0.4, -0.2) is 111 Å². The molecule has 0 saturated heterocycles. The average Bonchev–Trinajstić information content (AvgIpc) is 3.26. The van der Waals surface area contributed by atoms with Crippen LogP contribution in [0.5, 0.6) is 0 Å². The van der Waals surface area contributed by atoms with Crippen molar-refractivity contribution in [2.45, 2.75) is 84.4 Å². The Morgan fingerprint density at radius 1 is 0.770 bits per heavy atom. The van der Waals surface area contributed by atoms with Crippen LogP contribution >= 0.6 is 23.2 Å². The minimum atomic E-state index is -4.16. The van der Waals surface area contributed by atoms with Crippen LogP contribution in [0, 0.1) is 23.3 Å². The Morgan fingerprint density at radius 2 is 1.20 bits per heavy atom. The van der Waals surface area contributed by atoms with Gasteiger partial charge in [0.25, 0.3) is 0 Å². The van der Waals surface area contributed by atoms with Gasteiger partial charge in [-0.15, -0.1) is 0 Å². The van der Waals surface area contributed by atoms with Gasteiger partial charge in [-0.3, -0.25) is 9.97 Å². The first-order valence-electron chi connectivity index (χ1n) is 22.0. The number of carbonyl (C=O) groups excluding carboxylic acids is 1. The molecule has 4 heterocycles. The molecule has 2 N–H and O–H groups in total. The van der Waals surface area contributed by atoms with E-state index in [0.717, 1.165) is 68.4 Å². The Hall–Kier alpha value is -5.53. The van der Waals surface area contributed by atoms with Gasteiger partial charge in [-0.2, -0.15) is 0 Å². The number of carbonyl (C=O) groups is 1. The van der Waals surface area contributed by atoms with Crippen molar-refractivity contribution in [3.05, 3.63) is 128 Å². The maximum absolute atomic E-state index is 15.4. The molecule has 2 atom stereocenters. The van der Waals surface area contributed by atoms with E-state index in [1.807, 2.05) is 0 Å². The summed E-state index contributed by atoms with van der Waals surface area (Å²) in [4.78, 5) is 30.5. The maximum Gasteiger partial charge on any atom is 0.419 e. The van der Waals surface area contributed by atoms with Gasteiger partial charge in [0.15, 0.2) is 0 Å². The van der Waals surface area contributed by atoms with Crippen molar-refractivity contribution in [2.24, 2.45) is 15.7 Å². The molecule has 15 nitrogen and oxygen atoms in total. The number of halogens is 8. The summed E-state index contributed by atoms with van der Waals surface area (Å²) in [7, 11) is -6.98. The first-order valence-corrected chi connectivity index (χ1v) is 29.7. The highest BCUT2D eigenvalue weighted by atomic mass is 35.5. The summed E-state index contributed by atoms with van der Waals surface area (Å²) in [5.74, 6) is -6.85. The van der Waals surface area contributed by atoms with Crippen LogP contribution < -0.4 is 5.73 Å². The van der Waals surface area contributed by atoms with E-state index in [0.29, 0.717) is 6.61 Å². The van der Waals surface area contributed by atoms with Crippen molar-refractivity contribution in [1.82, 2.24) is 23.5 Å². The Labute approximate surface area is 438 Å². The van der Waals surface area contributed by atoms with Gasteiger partial charge >= 0.3 is 6.09 Å². The smallest absolute Gasteiger partial charge is 0.419 e. The SMILES string of the molecule is C.CN1C(N(COCC[Si](C)(C)C)C(=O)OC(C)(C)C)=N[C@](C)(c2cc(/C=C(\F)c3cc(F)c(Cl)cn3)ccc2F)CS1(=O)=O.CN1C(N)=N[C@](C)(c2cc(/C=C(\F)c3cc(F)c(Cl)cn3)ccc2F)CS1(=O)=O. The van der Waals surface area contributed by atoms with E-state index in [-0.39, 0.29) is 69.8 Å². The molecule has 0 radical (unpaired) electrons. The molecule has 404 valence electrons. The Kier molecular flexibility index (Phi) is 19.1. The average molecular weight is 1140 g/mol. The van der Waals surface area contributed by atoms with Crippen LogP contribution in [0.1, 0.15) is 75.7 Å². The lowest BCUT2D eigenvalue weighted by Crippen LogP contribution is -2.56. The Balaban J connectivity index is 0.000000342. The van der Waals surface area contributed by atoms with E-state index in [1.165, 1.54) is 52.2 Å². The zero-order chi connectivity index (χ0) is 54.8. The third kappa shape index (κ3) is 15.1. The van der Waals surface area contributed by atoms with E-state index in [9.17, 15) is 43.6 Å². The highest BCUT2D eigenvalue weighted by molar-refractivity contribution is 7.90. The monoisotopic (exact) mass is 1130 g/mol. The highest BCUT2D eigenvalue weighted by Gasteiger charge is 2.46. The number of amides is 1. The molecule has 4 aromatic rings. The quantitative estimate of drug-likeness (QED) is 0.0654. The second-order valence-corrected chi connectivity index (χ2v) is 30.0. The fourth-order valence-corrected chi connectivity index (χ4v) is 10.9. The molecule has 0 spiro atoms. The number of hydrogen-bond acceptors (Lipinski definition) is 12. The number of aromatic nitrogens is 2. The van der Waals surface area contributed by atoms with Crippen molar-refractivity contribution in [3.8, 4) is 0 Å².